The Morgan fingerprint density at radius 1 is 1.10 bits per heavy atom. The van der Waals surface area contributed by atoms with Crippen molar-refractivity contribution >= 4 is 5.78 Å². The van der Waals surface area contributed by atoms with Gasteiger partial charge in [-0.15, -0.1) is 5.10 Å². The van der Waals surface area contributed by atoms with Gasteiger partial charge in [0.2, 0.25) is 0 Å². The fourth-order valence-corrected chi connectivity index (χ4v) is 2.97. The Morgan fingerprint density at radius 3 is 2.60 bits per heavy atom. The Morgan fingerprint density at radius 2 is 1.87 bits per heavy atom. The van der Waals surface area contributed by atoms with Crippen molar-refractivity contribution in [3.63, 3.8) is 0 Å². The van der Waals surface area contributed by atoms with Gasteiger partial charge in [-0.2, -0.15) is 4.57 Å². The summed E-state index contributed by atoms with van der Waals surface area (Å²) in [7, 11) is 0. The van der Waals surface area contributed by atoms with Crippen LogP contribution in [0.2, 0.25) is 0 Å². The van der Waals surface area contributed by atoms with Crippen molar-refractivity contribution in [1.29, 1.82) is 0 Å². The molecular weight excluding hydrogens is 380 g/mol. The van der Waals surface area contributed by atoms with Crippen LogP contribution in [0, 0.1) is 11.8 Å². The van der Waals surface area contributed by atoms with Crippen LogP contribution >= 0.6 is 0 Å². The standard InChI is InChI=1S/C23H37N4O3/c1-19(2)8-9-22-7-5-6-11-26(22)17-21-18-27(25-24-21)12-14-30-16-15-29-13-10-23(28)20(3)4/h5-7,11,18-20H,8-10,12-17H2,1-4H3/q+1. The molecule has 0 aliphatic carbocycles. The summed E-state index contributed by atoms with van der Waals surface area (Å²) in [6, 6.07) is 6.33. The van der Waals surface area contributed by atoms with Crippen LogP contribution in [0.15, 0.2) is 30.6 Å². The molecule has 7 nitrogen and oxygen atoms in total. The monoisotopic (exact) mass is 417 g/mol. The summed E-state index contributed by atoms with van der Waals surface area (Å²) in [6.45, 7) is 11.7. The first-order valence-corrected chi connectivity index (χ1v) is 11.0. The van der Waals surface area contributed by atoms with E-state index in [9.17, 15) is 4.79 Å². The number of aryl methyl sites for hydroxylation is 1. The van der Waals surface area contributed by atoms with Gasteiger partial charge >= 0.3 is 0 Å². The van der Waals surface area contributed by atoms with Crippen LogP contribution in [0.25, 0.3) is 0 Å². The van der Waals surface area contributed by atoms with Crippen molar-refractivity contribution < 1.29 is 18.8 Å². The van der Waals surface area contributed by atoms with Crippen molar-refractivity contribution in [2.24, 2.45) is 11.8 Å². The van der Waals surface area contributed by atoms with Crippen molar-refractivity contribution in [2.45, 2.75) is 60.0 Å². The molecule has 0 spiro atoms. The Balaban J connectivity index is 1.66. The number of aromatic nitrogens is 4. The van der Waals surface area contributed by atoms with Crippen molar-refractivity contribution in [3.8, 4) is 0 Å². The lowest BCUT2D eigenvalue weighted by atomic mass is 10.1. The topological polar surface area (TPSA) is 70.1 Å². The zero-order chi connectivity index (χ0) is 21.8. The number of hydrogen-bond acceptors (Lipinski definition) is 5. The number of Topliss-reactive ketones (excluding diaryl/α,β-unsaturated/α-hetero) is 1. The highest BCUT2D eigenvalue weighted by atomic mass is 16.5. The van der Waals surface area contributed by atoms with Gasteiger partial charge in [-0.1, -0.05) is 39.0 Å². The zero-order valence-corrected chi connectivity index (χ0v) is 18.9. The van der Waals surface area contributed by atoms with Crippen LogP contribution in [0.4, 0.5) is 0 Å². The number of ether oxygens (including phenoxy) is 2. The normalized spacial score (nSPS) is 11.5. The second-order valence-electron chi connectivity index (χ2n) is 8.32. The highest BCUT2D eigenvalue weighted by molar-refractivity contribution is 5.80. The Hall–Kier alpha value is -2.12. The van der Waals surface area contributed by atoms with Crippen LogP contribution in [0.3, 0.4) is 0 Å². The summed E-state index contributed by atoms with van der Waals surface area (Å²) >= 11 is 0. The minimum absolute atomic E-state index is 0.0735. The minimum Gasteiger partial charge on any atom is -0.379 e. The average molecular weight is 418 g/mol. The predicted octanol–water partition coefficient (Wildman–Crippen LogP) is 2.85. The maximum Gasteiger partial charge on any atom is 0.194 e. The first kappa shape index (κ1) is 24.2. The summed E-state index contributed by atoms with van der Waals surface area (Å²) in [4.78, 5) is 11.5. The minimum atomic E-state index is 0.0735. The Kier molecular flexibility index (Phi) is 10.7. The summed E-state index contributed by atoms with van der Waals surface area (Å²) < 4.78 is 15.1. The van der Waals surface area contributed by atoms with Gasteiger partial charge in [0.05, 0.1) is 39.2 Å². The van der Waals surface area contributed by atoms with Crippen LogP contribution in [-0.2, 0) is 33.8 Å². The molecule has 0 saturated carbocycles. The molecule has 2 aromatic heterocycles. The van der Waals surface area contributed by atoms with Gasteiger partial charge in [0.1, 0.15) is 11.5 Å². The molecule has 0 atom stereocenters. The molecule has 0 bridgehead atoms. The third-order valence-corrected chi connectivity index (χ3v) is 4.90. The lowest BCUT2D eigenvalue weighted by Crippen LogP contribution is -2.38. The van der Waals surface area contributed by atoms with Gasteiger partial charge < -0.3 is 9.47 Å². The molecule has 0 fully saturated rings. The summed E-state index contributed by atoms with van der Waals surface area (Å²) in [5, 5.41) is 8.50. The predicted molar refractivity (Wildman–Crippen MR) is 115 cm³/mol. The molecule has 0 aliphatic rings. The maximum absolute atomic E-state index is 11.5. The molecule has 0 N–H and O–H groups in total. The van der Waals surface area contributed by atoms with E-state index in [0.29, 0.717) is 45.3 Å². The van der Waals surface area contributed by atoms with Gasteiger partial charge in [0, 0.05) is 30.9 Å². The third-order valence-electron chi connectivity index (χ3n) is 4.90. The van der Waals surface area contributed by atoms with Gasteiger partial charge in [0.25, 0.3) is 0 Å². The van der Waals surface area contributed by atoms with Crippen LogP contribution in [0.5, 0.6) is 0 Å². The van der Waals surface area contributed by atoms with Gasteiger partial charge in [-0.05, 0) is 12.3 Å². The molecule has 0 radical (unpaired) electrons. The van der Waals surface area contributed by atoms with Crippen molar-refractivity contribution in [1.82, 2.24) is 15.0 Å². The highest BCUT2D eigenvalue weighted by Crippen LogP contribution is 2.06. The number of pyridine rings is 1. The third kappa shape index (κ3) is 9.13. The van der Waals surface area contributed by atoms with E-state index in [-0.39, 0.29) is 11.7 Å². The van der Waals surface area contributed by atoms with E-state index >= 15 is 0 Å². The van der Waals surface area contributed by atoms with E-state index in [2.05, 4.69) is 53.1 Å². The van der Waals surface area contributed by atoms with E-state index in [1.807, 2.05) is 24.7 Å². The molecule has 0 aliphatic heterocycles. The Labute approximate surface area is 180 Å². The molecule has 0 saturated heterocycles. The lowest BCUT2D eigenvalue weighted by molar-refractivity contribution is -0.696. The first-order chi connectivity index (χ1) is 14.5. The Bertz CT molecular complexity index is 758. The summed E-state index contributed by atoms with van der Waals surface area (Å²) in [5.74, 6) is 0.996. The molecule has 2 aromatic rings. The molecule has 2 rings (SSSR count). The van der Waals surface area contributed by atoms with Crippen LogP contribution < -0.4 is 4.57 Å². The lowest BCUT2D eigenvalue weighted by Gasteiger charge is -2.06. The largest absolute Gasteiger partial charge is 0.379 e. The number of carbonyl (C=O) groups excluding carboxylic acids is 1. The average Bonchev–Trinajstić information content (AvgIpc) is 3.16. The molecule has 30 heavy (non-hydrogen) atoms. The first-order valence-electron chi connectivity index (χ1n) is 11.0. The summed E-state index contributed by atoms with van der Waals surface area (Å²) in [6.07, 6.45) is 6.79. The fourth-order valence-electron chi connectivity index (χ4n) is 2.97. The van der Waals surface area contributed by atoms with Gasteiger partial charge in [-0.25, -0.2) is 4.68 Å². The number of ketones is 1. The molecular formula is C23H37N4O3+. The van der Waals surface area contributed by atoms with Crippen LogP contribution in [-0.4, -0.2) is 47.2 Å². The molecule has 166 valence electrons. The van der Waals surface area contributed by atoms with E-state index in [4.69, 9.17) is 9.47 Å². The molecule has 2 heterocycles. The number of carbonyl (C=O) groups is 1. The number of rotatable bonds is 15. The second-order valence-corrected chi connectivity index (χ2v) is 8.32. The second kappa shape index (κ2) is 13.2. The molecule has 0 amide bonds. The quantitative estimate of drug-likeness (QED) is 0.329. The molecule has 0 unspecified atom stereocenters. The molecule has 0 aromatic carbocycles. The highest BCUT2D eigenvalue weighted by Gasteiger charge is 2.13. The maximum atomic E-state index is 11.5. The van der Waals surface area contributed by atoms with Crippen molar-refractivity contribution in [3.05, 3.63) is 42.0 Å². The van der Waals surface area contributed by atoms with E-state index in [0.717, 1.165) is 18.7 Å². The van der Waals surface area contributed by atoms with E-state index in [1.54, 1.807) is 0 Å². The van der Waals surface area contributed by atoms with Crippen LogP contribution in [0.1, 0.15) is 51.9 Å². The number of nitrogens with zero attached hydrogens (tertiary/aromatic N) is 4. The smallest absolute Gasteiger partial charge is 0.194 e. The van der Waals surface area contributed by atoms with E-state index in [1.165, 1.54) is 12.1 Å². The molecule has 7 heteroatoms. The van der Waals surface area contributed by atoms with Crippen molar-refractivity contribution in [2.75, 3.05) is 26.4 Å². The SMILES string of the molecule is CC(C)CCc1cccc[n+]1Cc1cn(CCOCCOCCC(=O)C(C)C)nn1. The zero-order valence-electron chi connectivity index (χ0n) is 18.9. The van der Waals surface area contributed by atoms with E-state index < -0.39 is 0 Å². The number of hydrogen-bond donors (Lipinski definition) is 0. The fraction of sp³-hybridized carbons (Fsp3) is 0.652. The van der Waals surface area contributed by atoms with Gasteiger partial charge in [0.15, 0.2) is 18.4 Å². The van der Waals surface area contributed by atoms with Gasteiger partial charge in [-0.3, -0.25) is 4.79 Å². The summed E-state index contributed by atoms with van der Waals surface area (Å²) in [5.41, 5.74) is 2.26.